The molecule has 10 aromatic carbocycles. The van der Waals surface area contributed by atoms with Crippen LogP contribution in [-0.4, -0.2) is 4.40 Å². The molecule has 0 aliphatic carbocycles. The van der Waals surface area contributed by atoms with E-state index in [9.17, 15) is 0 Å². The van der Waals surface area contributed by atoms with Gasteiger partial charge in [-0.3, -0.25) is 0 Å². The lowest BCUT2D eigenvalue weighted by atomic mass is 10.0. The maximum atomic E-state index is 7.19. The Morgan fingerprint density at radius 3 is 1.31 bits per heavy atom. The number of hydrogen-bond donors (Lipinski definition) is 0. The highest BCUT2D eigenvalue weighted by molar-refractivity contribution is 6.36. The van der Waals surface area contributed by atoms with E-state index in [1.165, 1.54) is 0 Å². The number of rotatable bonds is 8. The van der Waals surface area contributed by atoms with Crippen LogP contribution in [0.15, 0.2) is 231 Å². The summed E-state index contributed by atoms with van der Waals surface area (Å²) in [6, 6.07) is 70.5. The first-order chi connectivity index (χ1) is 36.7. The van der Waals surface area contributed by atoms with Crippen molar-refractivity contribution < 1.29 is 17.7 Å². The van der Waals surface area contributed by atoms with Crippen LogP contribution >= 0.6 is 0 Å². The van der Waals surface area contributed by atoms with Crippen molar-refractivity contribution in [2.45, 2.75) is 6.92 Å². The SMILES string of the molecule is C=Cc1oc2c(N(c3ccccc3)c3cc4c5ccccc5oc4c4c3c3cccc5c6c(N(c7ccccc7)c7cccc8c7oc7ccccc78)cc7c8ccccc8oc7c6n4c35)cccc2c1/C=C\C. The summed E-state index contributed by atoms with van der Waals surface area (Å²) in [5.74, 6) is 0.721. The molecule has 0 amide bonds. The van der Waals surface area contributed by atoms with Crippen LogP contribution in [0.4, 0.5) is 34.1 Å². The largest absolute Gasteiger partial charge is 0.454 e. The molecule has 16 rings (SSSR count). The van der Waals surface area contributed by atoms with Crippen LogP contribution in [-0.2, 0) is 0 Å². The summed E-state index contributed by atoms with van der Waals surface area (Å²) in [5.41, 5.74) is 15.3. The van der Waals surface area contributed by atoms with Gasteiger partial charge in [-0.05, 0) is 79.7 Å². The first kappa shape index (κ1) is 40.7. The molecule has 0 spiro atoms. The molecule has 0 fully saturated rings. The van der Waals surface area contributed by atoms with Gasteiger partial charge in [-0.25, -0.2) is 0 Å². The summed E-state index contributed by atoms with van der Waals surface area (Å²) in [6.45, 7) is 6.20. The van der Waals surface area contributed by atoms with E-state index in [1.807, 2.05) is 37.3 Å². The van der Waals surface area contributed by atoms with Gasteiger partial charge < -0.3 is 31.9 Å². The van der Waals surface area contributed by atoms with Crippen molar-refractivity contribution in [1.29, 1.82) is 0 Å². The number of nitrogens with zero attached hydrogens (tertiary/aromatic N) is 3. The molecule has 0 saturated carbocycles. The molecule has 0 unspecified atom stereocenters. The fraction of sp³-hybridized carbons (Fsp3) is 0.0149. The Morgan fingerprint density at radius 2 is 0.797 bits per heavy atom. The number of allylic oxidation sites excluding steroid dienone is 1. The lowest BCUT2D eigenvalue weighted by Crippen LogP contribution is -2.11. The van der Waals surface area contributed by atoms with Gasteiger partial charge in [0.05, 0.1) is 28.3 Å². The topological polar surface area (TPSA) is 63.5 Å². The third-order valence-electron chi connectivity index (χ3n) is 15.1. The van der Waals surface area contributed by atoms with E-state index in [2.05, 4.69) is 203 Å². The molecule has 7 nitrogen and oxygen atoms in total. The lowest BCUT2D eigenvalue weighted by Gasteiger charge is -2.27. The third kappa shape index (κ3) is 5.44. The first-order valence-corrected chi connectivity index (χ1v) is 25.0. The van der Waals surface area contributed by atoms with E-state index < -0.39 is 0 Å². The van der Waals surface area contributed by atoms with Gasteiger partial charge in [0, 0.05) is 76.2 Å². The number of aromatic nitrogens is 1. The van der Waals surface area contributed by atoms with Gasteiger partial charge in [0.1, 0.15) is 33.5 Å². The monoisotopic (exact) mass is 951 g/mol. The van der Waals surface area contributed by atoms with Crippen LogP contribution in [0.2, 0.25) is 0 Å². The molecule has 348 valence electrons. The van der Waals surface area contributed by atoms with E-state index in [0.29, 0.717) is 0 Å². The predicted octanol–water partition coefficient (Wildman–Crippen LogP) is 19.9. The minimum Gasteiger partial charge on any atom is -0.454 e. The van der Waals surface area contributed by atoms with E-state index in [4.69, 9.17) is 17.7 Å². The summed E-state index contributed by atoms with van der Waals surface area (Å²) in [4.78, 5) is 4.74. The molecule has 0 saturated heterocycles. The molecule has 0 radical (unpaired) electrons. The van der Waals surface area contributed by atoms with Gasteiger partial charge in [-0.15, -0.1) is 0 Å². The minimum atomic E-state index is 0.721. The van der Waals surface area contributed by atoms with Crippen molar-refractivity contribution in [2.75, 3.05) is 9.80 Å². The molecular weight excluding hydrogens is 911 g/mol. The Labute approximate surface area is 422 Å². The lowest BCUT2D eigenvalue weighted by molar-refractivity contribution is 0.604. The summed E-state index contributed by atoms with van der Waals surface area (Å²) in [5, 5.41) is 11.4. The molecule has 0 atom stereocenters. The van der Waals surface area contributed by atoms with Gasteiger partial charge in [0.15, 0.2) is 22.3 Å². The molecular formula is C67H41N3O4. The molecule has 0 aliphatic rings. The normalized spacial score (nSPS) is 12.4. The highest BCUT2D eigenvalue weighted by atomic mass is 16.3. The molecule has 6 heterocycles. The number of hydrogen-bond acceptors (Lipinski definition) is 6. The molecule has 74 heavy (non-hydrogen) atoms. The van der Waals surface area contributed by atoms with Crippen LogP contribution in [0.5, 0.6) is 0 Å². The molecule has 7 heteroatoms. The fourth-order valence-corrected chi connectivity index (χ4v) is 12.2. The second kappa shape index (κ2) is 15.3. The zero-order valence-electron chi connectivity index (χ0n) is 40.0. The maximum absolute atomic E-state index is 7.19. The van der Waals surface area contributed by atoms with E-state index in [-0.39, 0.29) is 0 Å². The van der Waals surface area contributed by atoms with Gasteiger partial charge >= 0.3 is 0 Å². The van der Waals surface area contributed by atoms with E-state index >= 15 is 0 Å². The smallest absolute Gasteiger partial charge is 0.160 e. The second-order valence-corrected chi connectivity index (χ2v) is 19.1. The van der Waals surface area contributed by atoms with Gasteiger partial charge in [0.25, 0.3) is 0 Å². The van der Waals surface area contributed by atoms with Gasteiger partial charge in [-0.1, -0.05) is 152 Å². The highest BCUT2D eigenvalue weighted by Crippen LogP contribution is 2.55. The van der Waals surface area contributed by atoms with Gasteiger partial charge in [-0.2, -0.15) is 0 Å². The molecule has 0 aliphatic heterocycles. The van der Waals surface area contributed by atoms with E-state index in [1.54, 1.807) is 6.08 Å². The summed E-state index contributed by atoms with van der Waals surface area (Å²) in [6.07, 6.45) is 5.95. The molecule has 0 N–H and O–H groups in total. The van der Waals surface area contributed by atoms with E-state index in [0.717, 1.165) is 160 Å². The Kier molecular flexibility index (Phi) is 8.40. The number of anilines is 6. The van der Waals surface area contributed by atoms with Crippen LogP contribution in [0, 0.1) is 0 Å². The van der Waals surface area contributed by atoms with Crippen molar-refractivity contribution in [1.82, 2.24) is 4.40 Å². The Morgan fingerprint density at radius 1 is 0.378 bits per heavy atom. The van der Waals surface area contributed by atoms with Crippen molar-refractivity contribution in [3.8, 4) is 0 Å². The number of benzene rings is 10. The summed E-state index contributed by atoms with van der Waals surface area (Å²) in [7, 11) is 0. The zero-order valence-corrected chi connectivity index (χ0v) is 40.0. The second-order valence-electron chi connectivity index (χ2n) is 19.1. The predicted molar refractivity (Wildman–Crippen MR) is 307 cm³/mol. The Hall–Kier alpha value is -9.98. The average Bonchev–Trinajstić information content (AvgIpc) is 4.43. The summed E-state index contributed by atoms with van der Waals surface area (Å²) >= 11 is 0. The van der Waals surface area contributed by atoms with Crippen LogP contribution in [0.3, 0.4) is 0 Å². The van der Waals surface area contributed by atoms with Crippen LogP contribution < -0.4 is 9.80 Å². The highest BCUT2D eigenvalue weighted by Gasteiger charge is 2.33. The van der Waals surface area contributed by atoms with Crippen molar-refractivity contribution in [3.63, 3.8) is 0 Å². The molecule has 16 aromatic rings. The third-order valence-corrected chi connectivity index (χ3v) is 15.1. The minimum absolute atomic E-state index is 0.721. The van der Waals surface area contributed by atoms with Crippen LogP contribution in [0.25, 0.3) is 127 Å². The first-order valence-electron chi connectivity index (χ1n) is 25.0. The number of para-hydroxylation sites is 8. The van der Waals surface area contributed by atoms with Crippen molar-refractivity contribution >= 4 is 161 Å². The quantitative estimate of drug-likeness (QED) is 0.151. The fourth-order valence-electron chi connectivity index (χ4n) is 12.2. The maximum Gasteiger partial charge on any atom is 0.160 e. The standard InChI is InChI=1S/C67H41N3O4/c1-3-20-41-45-28-18-32-51(64(45)71-55(41)4-2)68(39-21-7-5-8-22-39)53-37-49-43-26-12-15-35-57(43)73-66(49)62-59(53)47-30-17-31-48-60-54(38-50-44-27-13-16-36-58(44)74-67(50)63(60)70(62)61(47)48)69(40-23-9-6-10-24-40)52-33-19-29-46-42-25-11-14-34-56(42)72-65(46)52/h3-38H,2H2,1H3/b20-3-. The Bertz CT molecular complexity index is 5010. The van der Waals surface area contributed by atoms with Crippen molar-refractivity contribution in [3.05, 3.63) is 224 Å². The van der Waals surface area contributed by atoms with Crippen LogP contribution in [0.1, 0.15) is 18.2 Å². The Balaban J connectivity index is 1.12. The number of fused-ring (bicyclic) bond motifs is 18. The zero-order chi connectivity index (χ0) is 48.8. The van der Waals surface area contributed by atoms with Gasteiger partial charge in [0.2, 0.25) is 0 Å². The van der Waals surface area contributed by atoms with Crippen molar-refractivity contribution in [2.24, 2.45) is 0 Å². The molecule has 0 bridgehead atoms. The molecule has 6 aromatic heterocycles. The average molecular weight is 952 g/mol. The number of furan rings is 4. The summed E-state index contributed by atoms with van der Waals surface area (Å²) < 4.78 is 30.5.